The first-order valence-corrected chi connectivity index (χ1v) is 7.84. The van der Waals surface area contributed by atoms with Crippen LogP contribution in [0.1, 0.15) is 35.9 Å². The molecule has 3 rings (SSSR count). The Bertz CT molecular complexity index is 495. The third kappa shape index (κ3) is 2.30. The van der Waals surface area contributed by atoms with Gasteiger partial charge in [0.2, 0.25) is 0 Å². The van der Waals surface area contributed by atoms with Gasteiger partial charge in [-0.25, -0.2) is 4.98 Å². The minimum absolute atomic E-state index is 0.489. The highest BCUT2D eigenvalue weighted by Crippen LogP contribution is 2.33. The molecule has 2 aromatic heterocycles. The van der Waals surface area contributed by atoms with Crippen molar-refractivity contribution in [3.8, 4) is 10.6 Å². The molecule has 2 aromatic rings. The number of thiophene rings is 1. The lowest BCUT2D eigenvalue weighted by Crippen LogP contribution is -2.26. The maximum absolute atomic E-state index is 4.80. The predicted octanol–water partition coefficient (Wildman–Crippen LogP) is 3.99. The fourth-order valence-electron chi connectivity index (χ4n) is 2.25. The summed E-state index contributed by atoms with van der Waals surface area (Å²) in [7, 11) is 0. The number of aryl methyl sites for hydroxylation is 1. The smallest absolute Gasteiger partial charge is 0.110 e. The van der Waals surface area contributed by atoms with E-state index in [0.29, 0.717) is 6.04 Å². The number of hydrogen-bond acceptors (Lipinski definition) is 4. The van der Waals surface area contributed by atoms with Crippen LogP contribution in [0.15, 0.2) is 16.8 Å². The largest absolute Gasteiger partial charge is 0.308 e. The van der Waals surface area contributed by atoms with Crippen LogP contribution >= 0.6 is 22.7 Å². The summed E-state index contributed by atoms with van der Waals surface area (Å²) < 4.78 is 0. The molecule has 17 heavy (non-hydrogen) atoms. The molecule has 0 radical (unpaired) electrons. The third-order valence-corrected chi connectivity index (χ3v) is 5.22. The Balaban J connectivity index is 1.85. The van der Waals surface area contributed by atoms with Crippen molar-refractivity contribution in [3.63, 3.8) is 0 Å². The summed E-state index contributed by atoms with van der Waals surface area (Å²) in [4.78, 5) is 6.13. The van der Waals surface area contributed by atoms with Gasteiger partial charge < -0.3 is 5.32 Å². The van der Waals surface area contributed by atoms with Gasteiger partial charge in [0.05, 0.1) is 16.6 Å². The number of nitrogens with zero attached hydrogens (tertiary/aromatic N) is 1. The molecular formula is C13H16N2S2. The van der Waals surface area contributed by atoms with Gasteiger partial charge in [-0.15, -0.1) is 22.7 Å². The summed E-state index contributed by atoms with van der Waals surface area (Å²) in [5.41, 5.74) is 2.49. The highest BCUT2D eigenvalue weighted by Gasteiger charge is 2.18. The van der Waals surface area contributed by atoms with E-state index in [4.69, 9.17) is 4.98 Å². The van der Waals surface area contributed by atoms with Crippen LogP contribution in [0.3, 0.4) is 0 Å². The Morgan fingerprint density at radius 3 is 3.00 bits per heavy atom. The molecule has 2 nitrogen and oxygen atoms in total. The summed E-state index contributed by atoms with van der Waals surface area (Å²) in [5.74, 6) is 0. The monoisotopic (exact) mass is 264 g/mol. The average Bonchev–Trinajstić information content (AvgIpc) is 2.98. The van der Waals surface area contributed by atoms with Gasteiger partial charge in [-0.3, -0.25) is 0 Å². The molecule has 0 aromatic carbocycles. The lowest BCUT2D eigenvalue weighted by molar-refractivity contribution is 0.411. The van der Waals surface area contributed by atoms with Crippen molar-refractivity contribution in [2.24, 2.45) is 0 Å². The Kier molecular flexibility index (Phi) is 3.27. The van der Waals surface area contributed by atoms with Crippen LogP contribution < -0.4 is 5.32 Å². The average molecular weight is 264 g/mol. The van der Waals surface area contributed by atoms with Crippen LogP contribution in [0.2, 0.25) is 0 Å². The molecule has 1 saturated heterocycles. The van der Waals surface area contributed by atoms with Gasteiger partial charge in [-0.2, -0.15) is 0 Å². The van der Waals surface area contributed by atoms with Crippen molar-refractivity contribution in [3.05, 3.63) is 27.4 Å². The quantitative estimate of drug-likeness (QED) is 0.887. The summed E-state index contributed by atoms with van der Waals surface area (Å²) in [6, 6.07) is 2.65. The SMILES string of the molecule is Cc1ccsc1-c1csc(C2CCCCN2)n1. The van der Waals surface area contributed by atoms with Gasteiger partial charge in [0.1, 0.15) is 5.01 Å². The van der Waals surface area contributed by atoms with E-state index < -0.39 is 0 Å². The van der Waals surface area contributed by atoms with E-state index in [1.165, 1.54) is 34.7 Å². The first-order valence-electron chi connectivity index (χ1n) is 6.08. The number of rotatable bonds is 2. The molecule has 90 valence electrons. The van der Waals surface area contributed by atoms with E-state index in [9.17, 15) is 0 Å². The van der Waals surface area contributed by atoms with E-state index in [1.54, 1.807) is 22.7 Å². The van der Waals surface area contributed by atoms with Gasteiger partial charge in [-0.05, 0) is 43.3 Å². The van der Waals surface area contributed by atoms with Crippen LogP contribution in [0.5, 0.6) is 0 Å². The zero-order valence-electron chi connectivity index (χ0n) is 9.90. The number of aromatic nitrogens is 1. The molecule has 1 aliphatic heterocycles. The molecule has 1 aliphatic rings. The third-order valence-electron chi connectivity index (χ3n) is 3.23. The van der Waals surface area contributed by atoms with Crippen LogP contribution in [0, 0.1) is 6.92 Å². The Morgan fingerprint density at radius 1 is 1.35 bits per heavy atom. The van der Waals surface area contributed by atoms with Crippen LogP contribution in [-0.4, -0.2) is 11.5 Å². The van der Waals surface area contributed by atoms with Crippen molar-refractivity contribution in [1.82, 2.24) is 10.3 Å². The topological polar surface area (TPSA) is 24.9 Å². The molecule has 1 unspecified atom stereocenters. The fourth-order valence-corrected chi connectivity index (χ4v) is 4.13. The zero-order valence-corrected chi connectivity index (χ0v) is 11.5. The molecular weight excluding hydrogens is 248 g/mol. The molecule has 3 heterocycles. The van der Waals surface area contributed by atoms with Crippen LogP contribution in [0.25, 0.3) is 10.6 Å². The summed E-state index contributed by atoms with van der Waals surface area (Å²) >= 11 is 3.58. The normalized spacial score (nSPS) is 20.6. The number of nitrogens with one attached hydrogen (secondary N) is 1. The van der Waals surface area contributed by atoms with Crippen molar-refractivity contribution < 1.29 is 0 Å². The van der Waals surface area contributed by atoms with Gasteiger partial charge in [-0.1, -0.05) is 6.42 Å². The number of piperidine rings is 1. The van der Waals surface area contributed by atoms with Gasteiger partial charge in [0.15, 0.2) is 0 Å². The van der Waals surface area contributed by atoms with E-state index in [0.717, 1.165) is 12.2 Å². The second-order valence-electron chi connectivity index (χ2n) is 4.51. The highest BCUT2D eigenvalue weighted by molar-refractivity contribution is 7.14. The van der Waals surface area contributed by atoms with E-state index in [2.05, 4.69) is 29.1 Å². The van der Waals surface area contributed by atoms with Gasteiger partial charge >= 0.3 is 0 Å². The number of thiazole rings is 1. The van der Waals surface area contributed by atoms with Gasteiger partial charge in [0, 0.05) is 5.38 Å². The van der Waals surface area contributed by atoms with E-state index in [1.807, 2.05) is 0 Å². The van der Waals surface area contributed by atoms with Crippen molar-refractivity contribution >= 4 is 22.7 Å². The van der Waals surface area contributed by atoms with E-state index >= 15 is 0 Å². The van der Waals surface area contributed by atoms with Crippen molar-refractivity contribution in [1.29, 1.82) is 0 Å². The molecule has 1 N–H and O–H groups in total. The maximum Gasteiger partial charge on any atom is 0.110 e. The maximum atomic E-state index is 4.80. The standard InChI is InChI=1S/C13H16N2S2/c1-9-5-7-16-12(9)11-8-17-13(15-11)10-4-2-3-6-14-10/h5,7-8,10,14H,2-4,6H2,1H3. The predicted molar refractivity (Wildman–Crippen MR) is 74.8 cm³/mol. The molecule has 0 bridgehead atoms. The zero-order chi connectivity index (χ0) is 11.7. The molecule has 0 aliphatic carbocycles. The van der Waals surface area contributed by atoms with Crippen molar-refractivity contribution in [2.45, 2.75) is 32.2 Å². The summed E-state index contributed by atoms with van der Waals surface area (Å²) in [6.07, 6.45) is 3.86. The highest BCUT2D eigenvalue weighted by atomic mass is 32.1. The van der Waals surface area contributed by atoms with Crippen LogP contribution in [0.4, 0.5) is 0 Å². The second-order valence-corrected chi connectivity index (χ2v) is 6.31. The Labute approximate surface area is 110 Å². The molecule has 4 heteroatoms. The van der Waals surface area contributed by atoms with E-state index in [-0.39, 0.29) is 0 Å². The minimum atomic E-state index is 0.489. The molecule has 1 atom stereocenters. The lowest BCUT2D eigenvalue weighted by atomic mass is 10.1. The fraction of sp³-hybridized carbons (Fsp3) is 0.462. The first-order chi connectivity index (χ1) is 8.34. The Morgan fingerprint density at radius 2 is 2.29 bits per heavy atom. The second kappa shape index (κ2) is 4.88. The summed E-state index contributed by atoms with van der Waals surface area (Å²) in [5, 5.41) is 9.16. The Hall–Kier alpha value is -0.710. The van der Waals surface area contributed by atoms with Gasteiger partial charge in [0.25, 0.3) is 0 Å². The molecule has 0 amide bonds. The van der Waals surface area contributed by atoms with Crippen LogP contribution in [-0.2, 0) is 0 Å². The van der Waals surface area contributed by atoms with Crippen molar-refractivity contribution in [2.75, 3.05) is 6.54 Å². The molecule has 0 spiro atoms. The number of hydrogen-bond donors (Lipinski definition) is 1. The summed E-state index contributed by atoms with van der Waals surface area (Å²) in [6.45, 7) is 3.29. The minimum Gasteiger partial charge on any atom is -0.308 e. The lowest BCUT2D eigenvalue weighted by Gasteiger charge is -2.21. The first kappa shape index (κ1) is 11.4. The molecule has 1 fully saturated rings. The molecule has 0 saturated carbocycles.